The molecular formula is C13H20ClNO2S2. The lowest BCUT2D eigenvalue weighted by atomic mass is 10.0. The van der Waals surface area contributed by atoms with Crippen LogP contribution in [-0.4, -0.2) is 25.3 Å². The first-order chi connectivity index (χ1) is 9.09. The molecule has 108 valence electrons. The highest BCUT2D eigenvalue weighted by Crippen LogP contribution is 2.30. The summed E-state index contributed by atoms with van der Waals surface area (Å²) in [5.74, 6) is 0.374. The Morgan fingerprint density at radius 1 is 1.47 bits per heavy atom. The van der Waals surface area contributed by atoms with Gasteiger partial charge in [-0.15, -0.1) is 22.9 Å². The Morgan fingerprint density at radius 3 is 2.89 bits per heavy atom. The molecule has 19 heavy (non-hydrogen) atoms. The molecular weight excluding hydrogens is 302 g/mol. The van der Waals surface area contributed by atoms with Gasteiger partial charge in [0.25, 0.3) is 0 Å². The number of alkyl halides is 1. The number of rotatable bonds is 5. The molecule has 2 heterocycles. The summed E-state index contributed by atoms with van der Waals surface area (Å²) in [6.45, 7) is 2.76. The second-order valence-electron chi connectivity index (χ2n) is 4.94. The Kier molecular flexibility index (Phi) is 5.29. The molecule has 1 saturated heterocycles. The van der Waals surface area contributed by atoms with Crippen molar-refractivity contribution >= 4 is 33.0 Å². The summed E-state index contributed by atoms with van der Waals surface area (Å²) in [5, 5.41) is 1.71. The first-order valence-corrected chi connectivity index (χ1v) is 9.60. The molecule has 0 aliphatic carbocycles. The summed E-state index contributed by atoms with van der Waals surface area (Å²) in [6.07, 6.45) is 5.05. The second-order valence-corrected chi connectivity index (χ2v) is 8.09. The summed E-state index contributed by atoms with van der Waals surface area (Å²) in [7, 11) is -3.34. The van der Waals surface area contributed by atoms with E-state index in [0.717, 1.165) is 37.0 Å². The lowest BCUT2D eigenvalue weighted by Crippen LogP contribution is -2.43. The fraction of sp³-hybridized carbons (Fsp3) is 0.692. The van der Waals surface area contributed by atoms with Crippen molar-refractivity contribution in [2.24, 2.45) is 0 Å². The van der Waals surface area contributed by atoms with E-state index in [-0.39, 0.29) is 6.04 Å². The Morgan fingerprint density at radius 2 is 2.26 bits per heavy atom. The Hall–Kier alpha value is -0.100. The molecule has 1 fully saturated rings. The van der Waals surface area contributed by atoms with Crippen LogP contribution in [-0.2, 0) is 15.9 Å². The van der Waals surface area contributed by atoms with Gasteiger partial charge in [0.1, 0.15) is 0 Å². The van der Waals surface area contributed by atoms with Crippen molar-refractivity contribution in [2.45, 2.75) is 55.8 Å². The third-order valence-corrected chi connectivity index (χ3v) is 7.02. The lowest BCUT2D eigenvalue weighted by molar-refractivity contribution is 0.239. The number of nitrogens with zero attached hydrogens (tertiary/aromatic N) is 1. The normalized spacial score (nSPS) is 21.7. The van der Waals surface area contributed by atoms with Gasteiger partial charge in [-0.1, -0.05) is 19.8 Å². The molecule has 1 aliphatic rings. The van der Waals surface area contributed by atoms with Gasteiger partial charge in [0, 0.05) is 22.8 Å². The number of sulfonamides is 1. The Labute approximate surface area is 124 Å². The molecule has 1 unspecified atom stereocenters. The van der Waals surface area contributed by atoms with Crippen LogP contribution in [0.3, 0.4) is 0 Å². The summed E-state index contributed by atoms with van der Waals surface area (Å²) in [4.78, 5) is 1.32. The lowest BCUT2D eigenvalue weighted by Gasteiger charge is -2.34. The van der Waals surface area contributed by atoms with Crippen LogP contribution in [0.4, 0.5) is 0 Å². The van der Waals surface area contributed by atoms with E-state index in [0.29, 0.717) is 17.3 Å². The molecule has 3 nitrogen and oxygen atoms in total. The number of piperidine rings is 1. The minimum Gasteiger partial charge on any atom is -0.207 e. The molecule has 0 N–H and O–H groups in total. The van der Waals surface area contributed by atoms with Crippen molar-refractivity contribution in [3.05, 3.63) is 16.3 Å². The van der Waals surface area contributed by atoms with E-state index in [1.54, 1.807) is 15.8 Å². The van der Waals surface area contributed by atoms with Gasteiger partial charge in [-0.3, -0.25) is 0 Å². The average molecular weight is 322 g/mol. The van der Waals surface area contributed by atoms with Gasteiger partial charge >= 0.3 is 0 Å². The minimum atomic E-state index is -3.34. The van der Waals surface area contributed by atoms with Gasteiger partial charge in [-0.2, -0.15) is 4.31 Å². The SMILES string of the molecule is CCCC1CCCCN1S(=O)(=O)c1csc(CCl)c1. The van der Waals surface area contributed by atoms with E-state index in [1.807, 2.05) is 0 Å². The number of hydrogen-bond donors (Lipinski definition) is 0. The molecule has 1 aliphatic heterocycles. The van der Waals surface area contributed by atoms with Crippen molar-refractivity contribution in [2.75, 3.05) is 6.54 Å². The van der Waals surface area contributed by atoms with Crippen molar-refractivity contribution < 1.29 is 8.42 Å². The minimum absolute atomic E-state index is 0.170. The maximum absolute atomic E-state index is 12.7. The molecule has 6 heteroatoms. The maximum Gasteiger partial charge on any atom is 0.244 e. The maximum atomic E-state index is 12.7. The third-order valence-electron chi connectivity index (χ3n) is 3.56. The zero-order valence-electron chi connectivity index (χ0n) is 11.1. The Bertz CT molecular complexity index is 510. The quantitative estimate of drug-likeness (QED) is 0.773. The second kappa shape index (κ2) is 6.57. The Balaban J connectivity index is 2.25. The van der Waals surface area contributed by atoms with E-state index in [2.05, 4.69) is 6.92 Å². The van der Waals surface area contributed by atoms with Gasteiger partial charge in [0.15, 0.2) is 0 Å². The zero-order valence-corrected chi connectivity index (χ0v) is 13.5. The number of thiophene rings is 1. The standard InChI is InChI=1S/C13H20ClNO2S2/c1-2-5-11-6-3-4-7-15(11)19(16,17)13-8-12(9-14)18-10-13/h8,10-11H,2-7,9H2,1H3. The van der Waals surface area contributed by atoms with Gasteiger partial charge in [-0.05, 0) is 25.3 Å². The highest BCUT2D eigenvalue weighted by molar-refractivity contribution is 7.89. The van der Waals surface area contributed by atoms with E-state index in [4.69, 9.17) is 11.6 Å². The first-order valence-electron chi connectivity index (χ1n) is 6.74. The molecule has 1 aromatic rings. The summed E-state index contributed by atoms with van der Waals surface area (Å²) >= 11 is 7.17. The zero-order chi connectivity index (χ0) is 13.9. The monoisotopic (exact) mass is 321 g/mol. The third kappa shape index (κ3) is 3.32. The van der Waals surface area contributed by atoms with Gasteiger partial charge < -0.3 is 0 Å². The van der Waals surface area contributed by atoms with Crippen LogP contribution in [0.5, 0.6) is 0 Å². The summed E-state index contributed by atoms with van der Waals surface area (Å²) < 4.78 is 27.1. The van der Waals surface area contributed by atoms with Crippen LogP contribution in [0.25, 0.3) is 0 Å². The fourth-order valence-electron chi connectivity index (χ4n) is 2.61. The molecule has 0 spiro atoms. The predicted octanol–water partition coefficient (Wildman–Crippen LogP) is 3.83. The first kappa shape index (κ1) is 15.3. The van der Waals surface area contributed by atoms with Crippen molar-refractivity contribution in [3.63, 3.8) is 0 Å². The van der Waals surface area contributed by atoms with Gasteiger partial charge in [-0.25, -0.2) is 8.42 Å². The van der Waals surface area contributed by atoms with Crippen LogP contribution in [0.1, 0.15) is 43.9 Å². The van der Waals surface area contributed by atoms with Crippen LogP contribution >= 0.6 is 22.9 Å². The molecule has 1 atom stereocenters. The van der Waals surface area contributed by atoms with Crippen LogP contribution in [0, 0.1) is 0 Å². The van der Waals surface area contributed by atoms with Gasteiger partial charge in [0.05, 0.1) is 10.8 Å². The van der Waals surface area contributed by atoms with E-state index < -0.39 is 10.0 Å². The smallest absolute Gasteiger partial charge is 0.207 e. The molecule has 2 rings (SSSR count). The van der Waals surface area contributed by atoms with Crippen LogP contribution in [0.2, 0.25) is 0 Å². The molecule has 0 radical (unpaired) electrons. The van der Waals surface area contributed by atoms with E-state index >= 15 is 0 Å². The van der Waals surface area contributed by atoms with Gasteiger partial charge in [0.2, 0.25) is 10.0 Å². The molecule has 0 aromatic carbocycles. The van der Waals surface area contributed by atoms with E-state index in [1.165, 1.54) is 11.3 Å². The molecule has 0 bridgehead atoms. The van der Waals surface area contributed by atoms with E-state index in [9.17, 15) is 8.42 Å². The molecule has 0 saturated carbocycles. The predicted molar refractivity (Wildman–Crippen MR) is 80.3 cm³/mol. The summed E-state index contributed by atoms with van der Waals surface area (Å²) in [6, 6.07) is 1.88. The van der Waals surface area contributed by atoms with Crippen LogP contribution < -0.4 is 0 Å². The van der Waals surface area contributed by atoms with Crippen molar-refractivity contribution in [1.82, 2.24) is 4.31 Å². The van der Waals surface area contributed by atoms with Crippen LogP contribution in [0.15, 0.2) is 16.3 Å². The van der Waals surface area contributed by atoms with Crippen molar-refractivity contribution in [1.29, 1.82) is 0 Å². The summed E-state index contributed by atoms with van der Waals surface area (Å²) in [5.41, 5.74) is 0. The number of hydrogen-bond acceptors (Lipinski definition) is 3. The topological polar surface area (TPSA) is 37.4 Å². The average Bonchev–Trinajstić information content (AvgIpc) is 2.89. The van der Waals surface area contributed by atoms with Crippen molar-refractivity contribution in [3.8, 4) is 0 Å². The largest absolute Gasteiger partial charge is 0.244 e. The molecule has 0 amide bonds. The highest BCUT2D eigenvalue weighted by Gasteiger charge is 2.33. The molecule has 1 aromatic heterocycles. The number of halogens is 1. The highest BCUT2D eigenvalue weighted by atomic mass is 35.5. The fourth-order valence-corrected chi connectivity index (χ4v) is 5.71.